The molecule has 0 N–H and O–H groups in total. The van der Waals surface area contributed by atoms with Gasteiger partial charge in [0.1, 0.15) is 0 Å². The van der Waals surface area contributed by atoms with Crippen LogP contribution in [0.25, 0.3) is 55.3 Å². The molecule has 0 unspecified atom stereocenters. The maximum atomic E-state index is 10.1. The first kappa shape index (κ1) is 18.7. The molecule has 0 spiro atoms. The van der Waals surface area contributed by atoms with Crippen molar-refractivity contribution in [2.24, 2.45) is 0 Å². The maximum absolute atomic E-state index is 10.1. The second-order valence-corrected chi connectivity index (χ2v) is 10.9. The van der Waals surface area contributed by atoms with Gasteiger partial charge in [-0.05, 0) is 91.5 Å². The van der Waals surface area contributed by atoms with Crippen LogP contribution in [-0.2, 0) is 0 Å². The molecule has 0 bridgehead atoms. The van der Waals surface area contributed by atoms with E-state index in [1.807, 2.05) is 42.5 Å². The number of rotatable bonds is 7. The van der Waals surface area contributed by atoms with Crippen molar-refractivity contribution in [3.05, 3.63) is 200 Å². The van der Waals surface area contributed by atoms with Crippen LogP contribution in [0.5, 0.6) is 0 Å². The molecule has 1 heteroatoms. The first-order chi connectivity index (χ1) is 27.9. The van der Waals surface area contributed by atoms with Crippen LogP contribution in [0.4, 0.5) is 17.1 Å². The Labute approximate surface area is 292 Å². The van der Waals surface area contributed by atoms with Gasteiger partial charge in [0.05, 0.1) is 15.1 Å². The molecule has 0 aromatic heterocycles. The smallest absolute Gasteiger partial charge is 0.0652 e. The third-order valence-corrected chi connectivity index (χ3v) is 7.94. The summed E-state index contributed by atoms with van der Waals surface area (Å²) in [7, 11) is 0. The van der Waals surface area contributed by atoms with E-state index in [0.717, 1.165) is 15.7 Å². The highest BCUT2D eigenvalue weighted by Crippen LogP contribution is 2.43. The lowest BCUT2D eigenvalue weighted by Crippen LogP contribution is -2.10. The normalized spacial score (nSPS) is 14.3. The highest BCUT2D eigenvalue weighted by atomic mass is 15.1. The van der Waals surface area contributed by atoms with Gasteiger partial charge in [-0.2, -0.15) is 0 Å². The van der Waals surface area contributed by atoms with Crippen molar-refractivity contribution in [1.29, 1.82) is 0 Å². The second kappa shape index (κ2) is 12.7. The molecule has 0 fully saturated rings. The van der Waals surface area contributed by atoms with E-state index >= 15 is 0 Å². The van der Waals surface area contributed by atoms with Gasteiger partial charge in [-0.25, -0.2) is 0 Å². The third kappa shape index (κ3) is 5.72. The van der Waals surface area contributed by atoms with Gasteiger partial charge in [-0.3, -0.25) is 0 Å². The minimum absolute atomic E-state index is 0.00692. The minimum atomic E-state index is -0.604. The van der Waals surface area contributed by atoms with Gasteiger partial charge in [-0.15, -0.1) is 0 Å². The van der Waals surface area contributed by atoms with Crippen molar-refractivity contribution in [1.82, 2.24) is 0 Å². The predicted octanol–water partition coefficient (Wildman–Crippen LogP) is 13.0. The molecule has 47 heavy (non-hydrogen) atoms. The Morgan fingerprint density at radius 1 is 0.319 bits per heavy atom. The molecule has 1 nitrogen and oxygen atoms in total. The van der Waals surface area contributed by atoms with E-state index in [0.29, 0.717) is 22.3 Å². The van der Waals surface area contributed by atoms with E-state index in [1.165, 1.54) is 0 Å². The van der Waals surface area contributed by atoms with Crippen molar-refractivity contribution in [3.8, 4) is 44.5 Å². The van der Waals surface area contributed by atoms with E-state index < -0.39 is 71.4 Å². The molecular formula is C46H33N. The van der Waals surface area contributed by atoms with Crippen LogP contribution >= 0.6 is 0 Å². The number of anilines is 3. The SMILES string of the molecule is [2H]c1c([2H])c(N(c2c([2H])c([2H])c(-c3ccccc3)c([2H])c2[2H])c2c([2H])c([2H])c(-c3ccccc3)c(-c3cccc4ccccc34)c2[2H])c([2H])c([2H])c1-c1ccccc1. The number of hydrogen-bond acceptors (Lipinski definition) is 1. The monoisotopic (exact) mass is 610 g/mol. The Morgan fingerprint density at radius 3 is 1.36 bits per heavy atom. The number of hydrogen-bond donors (Lipinski definition) is 0. The summed E-state index contributed by atoms with van der Waals surface area (Å²) in [6.07, 6.45) is 0. The molecule has 0 aliphatic carbocycles. The predicted molar refractivity (Wildman–Crippen MR) is 200 cm³/mol. The molecule has 8 aromatic carbocycles. The summed E-state index contributed by atoms with van der Waals surface area (Å²) in [6, 6.07) is 33.4. The summed E-state index contributed by atoms with van der Waals surface area (Å²) in [5.74, 6) is 0. The third-order valence-electron chi connectivity index (χ3n) is 7.94. The van der Waals surface area contributed by atoms with Gasteiger partial charge in [0.15, 0.2) is 0 Å². The van der Waals surface area contributed by atoms with Crippen LogP contribution in [-0.4, -0.2) is 0 Å². The van der Waals surface area contributed by atoms with Crippen LogP contribution in [0.3, 0.4) is 0 Å². The van der Waals surface area contributed by atoms with Gasteiger partial charge in [0, 0.05) is 17.1 Å². The number of fused-ring (bicyclic) bond motifs is 1. The summed E-state index contributed by atoms with van der Waals surface area (Å²) < 4.78 is 104. The molecule has 0 saturated heterocycles. The lowest BCUT2D eigenvalue weighted by atomic mass is 9.90. The van der Waals surface area contributed by atoms with Crippen molar-refractivity contribution < 1.29 is 15.1 Å². The van der Waals surface area contributed by atoms with Gasteiger partial charge < -0.3 is 4.90 Å². The Kier molecular flexibility index (Phi) is 5.04. The fraction of sp³-hybridized carbons (Fsp3) is 0. The van der Waals surface area contributed by atoms with Crippen LogP contribution in [0, 0.1) is 0 Å². The van der Waals surface area contributed by atoms with Crippen molar-refractivity contribution >= 4 is 27.8 Å². The highest BCUT2D eigenvalue weighted by molar-refractivity contribution is 6.01. The molecule has 8 aromatic rings. The van der Waals surface area contributed by atoms with E-state index in [2.05, 4.69) is 0 Å². The standard InChI is InChI=1S/C46H33N/c1-4-13-34(14-5-1)36-23-27-40(28-24-36)47(41-29-25-37(26-30-41)35-15-6-2-7-16-35)42-31-32-44(38-17-8-3-9-18-38)46(33-42)45-22-12-20-39-19-10-11-21-43(39)45/h1-33H/i23D,24D,25D,26D,27D,28D,29D,30D,31D,32D,33D. The van der Waals surface area contributed by atoms with E-state index in [4.69, 9.17) is 0 Å². The fourth-order valence-corrected chi connectivity index (χ4v) is 5.64. The zero-order valence-corrected chi connectivity index (χ0v) is 25.1. The Bertz CT molecular complexity index is 2730. The van der Waals surface area contributed by atoms with Crippen LogP contribution in [0.2, 0.25) is 0 Å². The molecule has 0 saturated carbocycles. The number of nitrogens with zero attached hydrogens (tertiary/aromatic N) is 1. The minimum Gasteiger partial charge on any atom is -0.310 e. The van der Waals surface area contributed by atoms with Crippen molar-refractivity contribution in [2.75, 3.05) is 4.90 Å². The summed E-state index contributed by atoms with van der Waals surface area (Å²) in [4.78, 5) is 0.969. The van der Waals surface area contributed by atoms with Gasteiger partial charge in [-0.1, -0.05) is 164 Å². The van der Waals surface area contributed by atoms with Gasteiger partial charge in [0.25, 0.3) is 0 Å². The molecule has 0 aliphatic rings. The zero-order valence-electron chi connectivity index (χ0n) is 36.1. The summed E-state index contributed by atoms with van der Waals surface area (Å²) in [6.45, 7) is 0. The lowest BCUT2D eigenvalue weighted by molar-refractivity contribution is 1.28. The molecule has 0 heterocycles. The van der Waals surface area contributed by atoms with Gasteiger partial charge in [0.2, 0.25) is 0 Å². The van der Waals surface area contributed by atoms with E-state index in [1.54, 1.807) is 91.0 Å². The van der Waals surface area contributed by atoms with Crippen LogP contribution < -0.4 is 4.90 Å². The lowest BCUT2D eigenvalue weighted by Gasteiger charge is -2.27. The first-order valence-corrected chi connectivity index (χ1v) is 15.2. The Morgan fingerprint density at radius 2 is 0.787 bits per heavy atom. The number of benzene rings is 8. The topological polar surface area (TPSA) is 3.24 Å². The summed E-state index contributed by atoms with van der Waals surface area (Å²) >= 11 is 0. The summed E-state index contributed by atoms with van der Waals surface area (Å²) in [5, 5.41) is 1.57. The van der Waals surface area contributed by atoms with Crippen LogP contribution in [0.1, 0.15) is 15.1 Å². The highest BCUT2D eigenvalue weighted by Gasteiger charge is 2.18. The molecule has 0 radical (unpaired) electrons. The van der Waals surface area contributed by atoms with E-state index in [-0.39, 0.29) is 34.3 Å². The Balaban J connectivity index is 1.56. The van der Waals surface area contributed by atoms with Gasteiger partial charge >= 0.3 is 0 Å². The molecular weight excluding hydrogens is 567 g/mol. The average Bonchev–Trinajstić information content (AvgIpc) is 3.24. The molecule has 0 amide bonds. The summed E-state index contributed by atoms with van der Waals surface area (Å²) in [5.41, 5.74) is 0.962. The largest absolute Gasteiger partial charge is 0.310 e. The molecule has 0 aliphatic heterocycles. The van der Waals surface area contributed by atoms with Crippen LogP contribution in [0.15, 0.2) is 200 Å². The Hall–Kier alpha value is -6.18. The average molecular weight is 611 g/mol. The van der Waals surface area contributed by atoms with Crippen molar-refractivity contribution in [3.63, 3.8) is 0 Å². The second-order valence-electron chi connectivity index (χ2n) is 10.9. The molecule has 222 valence electrons. The van der Waals surface area contributed by atoms with Crippen molar-refractivity contribution in [2.45, 2.75) is 0 Å². The van der Waals surface area contributed by atoms with E-state index in [9.17, 15) is 15.1 Å². The molecule has 0 atom stereocenters. The molecule has 8 rings (SSSR count). The first-order valence-electron chi connectivity index (χ1n) is 20.7. The zero-order chi connectivity index (χ0) is 41.0. The quantitative estimate of drug-likeness (QED) is 0.173. The fourth-order valence-electron chi connectivity index (χ4n) is 5.64. The maximum Gasteiger partial charge on any atom is 0.0652 e.